The summed E-state index contributed by atoms with van der Waals surface area (Å²) < 4.78 is 42.3. The average Bonchev–Trinajstić information content (AvgIpc) is 2.15. The Morgan fingerprint density at radius 1 is 1.36 bits per heavy atom. The molecule has 78 valence electrons. The molecule has 0 aliphatic heterocycles. The maximum absolute atomic E-state index is 12.5. The summed E-state index contributed by atoms with van der Waals surface area (Å²) in [5.74, 6) is -0.387. The molecule has 1 aromatic rings. The molecule has 0 aromatic heterocycles. The molecule has 0 spiro atoms. The summed E-state index contributed by atoms with van der Waals surface area (Å²) in [5, 5.41) is 0. The van der Waals surface area contributed by atoms with Crippen LogP contribution in [0.4, 0.5) is 13.2 Å². The quantitative estimate of drug-likeness (QED) is 0.699. The summed E-state index contributed by atoms with van der Waals surface area (Å²) in [6, 6.07) is 4.07. The lowest BCUT2D eigenvalue weighted by molar-refractivity contribution is -0.139. The third kappa shape index (κ3) is 2.12. The van der Waals surface area contributed by atoms with Gasteiger partial charge in [-0.3, -0.25) is 0 Å². The molecule has 0 N–H and O–H groups in total. The number of hydrogen-bond donors (Lipinski definition) is 0. The van der Waals surface area contributed by atoms with Gasteiger partial charge in [0.25, 0.3) is 0 Å². The molecule has 1 rings (SSSR count). The van der Waals surface area contributed by atoms with E-state index >= 15 is 0 Å². The predicted octanol–water partition coefficient (Wildman–Crippen LogP) is 3.45. The second kappa shape index (κ2) is 4.09. The van der Waals surface area contributed by atoms with Gasteiger partial charge in [-0.05, 0) is 11.6 Å². The van der Waals surface area contributed by atoms with Gasteiger partial charge < -0.3 is 4.74 Å². The van der Waals surface area contributed by atoms with Gasteiger partial charge in [-0.2, -0.15) is 13.2 Å². The fourth-order valence-electron chi connectivity index (χ4n) is 1.18. The highest BCUT2D eigenvalue weighted by molar-refractivity contribution is 6.17. The highest BCUT2D eigenvalue weighted by atomic mass is 35.5. The zero-order chi connectivity index (χ0) is 10.8. The van der Waals surface area contributed by atoms with E-state index in [1.54, 1.807) is 0 Å². The Bertz CT molecular complexity index is 300. The van der Waals surface area contributed by atoms with Crippen LogP contribution in [0.1, 0.15) is 11.1 Å². The summed E-state index contributed by atoms with van der Waals surface area (Å²) in [6.45, 7) is 0. The number of alkyl halides is 4. The number of methoxy groups -OCH3 is 1. The van der Waals surface area contributed by atoms with Crippen LogP contribution in [-0.2, 0) is 12.1 Å². The van der Waals surface area contributed by atoms with Gasteiger partial charge in [-0.25, -0.2) is 0 Å². The Morgan fingerprint density at radius 3 is 2.43 bits per heavy atom. The van der Waals surface area contributed by atoms with Gasteiger partial charge in [0.15, 0.2) is 0 Å². The third-order valence-corrected chi connectivity index (χ3v) is 2.05. The molecule has 0 unspecified atom stereocenters. The van der Waals surface area contributed by atoms with Crippen molar-refractivity contribution in [2.45, 2.75) is 12.1 Å². The first kappa shape index (κ1) is 11.2. The van der Waals surface area contributed by atoms with Gasteiger partial charge >= 0.3 is 6.18 Å². The van der Waals surface area contributed by atoms with E-state index in [9.17, 15) is 13.2 Å². The summed E-state index contributed by atoms with van der Waals surface area (Å²) in [4.78, 5) is 0. The van der Waals surface area contributed by atoms with E-state index in [2.05, 4.69) is 4.74 Å². The lowest BCUT2D eigenvalue weighted by atomic mass is 10.1. The average molecular weight is 225 g/mol. The number of halogens is 4. The fraction of sp³-hybridized carbons (Fsp3) is 0.333. The molecule has 0 atom stereocenters. The van der Waals surface area contributed by atoms with Crippen LogP contribution < -0.4 is 4.74 Å². The van der Waals surface area contributed by atoms with Crippen molar-refractivity contribution in [3.05, 3.63) is 29.3 Å². The van der Waals surface area contributed by atoms with Gasteiger partial charge in [-0.1, -0.05) is 12.1 Å². The van der Waals surface area contributed by atoms with Crippen molar-refractivity contribution in [1.82, 2.24) is 0 Å². The molecule has 0 saturated heterocycles. The van der Waals surface area contributed by atoms with E-state index in [1.807, 2.05) is 0 Å². The van der Waals surface area contributed by atoms with E-state index in [0.29, 0.717) is 0 Å². The molecular weight excluding hydrogens is 217 g/mol. The first-order valence-electron chi connectivity index (χ1n) is 3.79. The Balaban J connectivity index is 3.34. The predicted molar refractivity (Wildman–Crippen MR) is 47.6 cm³/mol. The zero-order valence-electron chi connectivity index (χ0n) is 7.36. The van der Waals surface area contributed by atoms with E-state index in [0.717, 1.165) is 0 Å². The summed E-state index contributed by atoms with van der Waals surface area (Å²) in [5.41, 5.74) is -0.768. The molecule has 0 bridgehead atoms. The van der Waals surface area contributed by atoms with Crippen molar-refractivity contribution in [3.63, 3.8) is 0 Å². The molecule has 0 radical (unpaired) electrons. The molecule has 0 saturated carbocycles. The molecule has 0 heterocycles. The zero-order valence-corrected chi connectivity index (χ0v) is 8.12. The smallest absolute Gasteiger partial charge is 0.420 e. The Morgan fingerprint density at radius 2 is 2.00 bits per heavy atom. The van der Waals surface area contributed by atoms with Crippen LogP contribution in [0.2, 0.25) is 0 Å². The number of rotatable bonds is 2. The van der Waals surface area contributed by atoms with E-state index < -0.39 is 11.7 Å². The minimum absolute atomic E-state index is 0.0264. The topological polar surface area (TPSA) is 9.23 Å². The molecular formula is C9H8ClF3O. The number of hydrogen-bond acceptors (Lipinski definition) is 1. The lowest BCUT2D eigenvalue weighted by Crippen LogP contribution is -2.10. The Kier molecular flexibility index (Phi) is 3.26. The van der Waals surface area contributed by atoms with Crippen LogP contribution in [0.5, 0.6) is 5.75 Å². The van der Waals surface area contributed by atoms with Gasteiger partial charge in [0.05, 0.1) is 7.11 Å². The maximum atomic E-state index is 12.5. The van der Waals surface area contributed by atoms with Gasteiger partial charge in [0.1, 0.15) is 11.3 Å². The first-order chi connectivity index (χ1) is 6.50. The van der Waals surface area contributed by atoms with E-state index in [1.165, 1.54) is 25.3 Å². The second-order valence-corrected chi connectivity index (χ2v) is 2.89. The van der Waals surface area contributed by atoms with Gasteiger partial charge in [0.2, 0.25) is 0 Å². The van der Waals surface area contributed by atoms with Crippen LogP contribution in [0, 0.1) is 0 Å². The minimum atomic E-state index is -4.43. The van der Waals surface area contributed by atoms with Crippen LogP contribution >= 0.6 is 11.6 Å². The normalized spacial score (nSPS) is 11.5. The fourth-order valence-corrected chi connectivity index (χ4v) is 1.40. The minimum Gasteiger partial charge on any atom is -0.496 e. The van der Waals surface area contributed by atoms with Crippen molar-refractivity contribution in [3.8, 4) is 5.75 Å². The summed E-state index contributed by atoms with van der Waals surface area (Å²) in [7, 11) is 1.20. The van der Waals surface area contributed by atoms with Crippen molar-refractivity contribution < 1.29 is 17.9 Å². The monoisotopic (exact) mass is 224 g/mol. The highest BCUT2D eigenvalue weighted by Crippen LogP contribution is 2.39. The van der Waals surface area contributed by atoms with Crippen molar-refractivity contribution in [2.75, 3.05) is 7.11 Å². The van der Waals surface area contributed by atoms with Crippen LogP contribution in [0.3, 0.4) is 0 Å². The molecule has 0 amide bonds. The highest BCUT2D eigenvalue weighted by Gasteiger charge is 2.36. The molecule has 5 heteroatoms. The molecule has 0 aliphatic carbocycles. The molecule has 1 aromatic carbocycles. The summed E-state index contributed by atoms with van der Waals surface area (Å²) >= 11 is 5.41. The third-order valence-electron chi connectivity index (χ3n) is 1.76. The van der Waals surface area contributed by atoms with Crippen LogP contribution in [0.25, 0.3) is 0 Å². The maximum Gasteiger partial charge on any atom is 0.420 e. The van der Waals surface area contributed by atoms with Crippen LogP contribution in [-0.4, -0.2) is 7.11 Å². The van der Waals surface area contributed by atoms with E-state index in [-0.39, 0.29) is 17.2 Å². The van der Waals surface area contributed by atoms with Gasteiger partial charge in [-0.15, -0.1) is 11.6 Å². The largest absolute Gasteiger partial charge is 0.496 e. The van der Waals surface area contributed by atoms with Crippen molar-refractivity contribution in [2.24, 2.45) is 0 Å². The number of benzene rings is 1. The Hall–Kier alpha value is -0.900. The van der Waals surface area contributed by atoms with Crippen molar-refractivity contribution in [1.29, 1.82) is 0 Å². The van der Waals surface area contributed by atoms with E-state index in [4.69, 9.17) is 11.6 Å². The molecule has 1 nitrogen and oxygen atoms in total. The Labute approximate surface area is 84.4 Å². The van der Waals surface area contributed by atoms with Crippen LogP contribution in [0.15, 0.2) is 18.2 Å². The second-order valence-electron chi connectivity index (χ2n) is 2.63. The number of ether oxygens (including phenoxy) is 1. The molecule has 0 aliphatic rings. The first-order valence-corrected chi connectivity index (χ1v) is 4.33. The lowest BCUT2D eigenvalue weighted by Gasteiger charge is -2.14. The van der Waals surface area contributed by atoms with Gasteiger partial charge in [0, 0.05) is 5.88 Å². The molecule has 0 fully saturated rings. The standard InChI is InChI=1S/C9H8ClF3O/c1-14-7-4-2-3-6(5-10)8(7)9(11,12)13/h2-4H,5H2,1H3. The molecule has 14 heavy (non-hydrogen) atoms. The SMILES string of the molecule is COc1cccc(CCl)c1C(F)(F)F. The van der Waals surface area contributed by atoms with Crippen molar-refractivity contribution >= 4 is 11.6 Å². The summed E-state index contributed by atoms with van der Waals surface area (Å²) in [6.07, 6.45) is -4.43.